The SMILES string of the molecule is CC(=Cc1ccc(Cl)c(Cl)c1)CCl. The monoisotopic (exact) mass is 234 g/mol. The second kappa shape index (κ2) is 4.90. The summed E-state index contributed by atoms with van der Waals surface area (Å²) < 4.78 is 0. The predicted molar refractivity (Wildman–Crippen MR) is 60.8 cm³/mol. The van der Waals surface area contributed by atoms with E-state index < -0.39 is 0 Å². The number of hydrogen-bond acceptors (Lipinski definition) is 0. The van der Waals surface area contributed by atoms with Crippen LogP contribution in [0.25, 0.3) is 6.08 Å². The van der Waals surface area contributed by atoms with Gasteiger partial charge in [-0.1, -0.05) is 40.9 Å². The topological polar surface area (TPSA) is 0 Å². The van der Waals surface area contributed by atoms with Crippen molar-refractivity contribution in [3.05, 3.63) is 39.4 Å². The molecule has 0 unspecified atom stereocenters. The molecule has 0 amide bonds. The number of alkyl halides is 1. The Kier molecular flexibility index (Phi) is 4.11. The number of rotatable bonds is 2. The Hall–Kier alpha value is -0.170. The molecule has 0 aromatic heterocycles. The third-order valence-electron chi connectivity index (χ3n) is 1.57. The maximum absolute atomic E-state index is 5.85. The highest BCUT2D eigenvalue weighted by Gasteiger charge is 1.97. The van der Waals surface area contributed by atoms with Crippen molar-refractivity contribution in [1.82, 2.24) is 0 Å². The molecule has 0 heterocycles. The second-order valence-corrected chi connectivity index (χ2v) is 3.88. The number of allylic oxidation sites excluding steroid dienone is 1. The van der Waals surface area contributed by atoms with E-state index >= 15 is 0 Å². The summed E-state index contributed by atoms with van der Waals surface area (Å²) in [7, 11) is 0. The average Bonchev–Trinajstić information content (AvgIpc) is 2.11. The molecule has 0 radical (unpaired) electrons. The van der Waals surface area contributed by atoms with E-state index in [4.69, 9.17) is 34.8 Å². The molecule has 0 spiro atoms. The van der Waals surface area contributed by atoms with Crippen molar-refractivity contribution in [3.63, 3.8) is 0 Å². The van der Waals surface area contributed by atoms with Crippen LogP contribution < -0.4 is 0 Å². The molecular formula is C10H9Cl3. The minimum atomic E-state index is 0.528. The lowest BCUT2D eigenvalue weighted by Gasteiger charge is -1.99. The highest BCUT2D eigenvalue weighted by molar-refractivity contribution is 6.42. The Morgan fingerprint density at radius 1 is 1.31 bits per heavy atom. The van der Waals surface area contributed by atoms with Gasteiger partial charge >= 0.3 is 0 Å². The highest BCUT2D eigenvalue weighted by Crippen LogP contribution is 2.23. The molecule has 1 aromatic carbocycles. The molecule has 70 valence electrons. The van der Waals surface area contributed by atoms with Crippen LogP contribution in [0.15, 0.2) is 23.8 Å². The van der Waals surface area contributed by atoms with Gasteiger partial charge in [0.2, 0.25) is 0 Å². The summed E-state index contributed by atoms with van der Waals surface area (Å²) >= 11 is 17.3. The van der Waals surface area contributed by atoms with Gasteiger partial charge in [0.05, 0.1) is 10.0 Å². The van der Waals surface area contributed by atoms with Crippen molar-refractivity contribution in [3.8, 4) is 0 Å². The summed E-state index contributed by atoms with van der Waals surface area (Å²) in [6.07, 6.45) is 1.98. The first-order valence-electron chi connectivity index (χ1n) is 3.81. The predicted octanol–water partition coefficient (Wildman–Crippen LogP) is 4.64. The zero-order chi connectivity index (χ0) is 9.84. The molecule has 0 aliphatic rings. The first-order chi connectivity index (χ1) is 6.13. The molecule has 0 saturated carbocycles. The molecule has 0 N–H and O–H groups in total. The molecular weight excluding hydrogens is 226 g/mol. The van der Waals surface area contributed by atoms with Crippen LogP contribution in [0.2, 0.25) is 10.0 Å². The Labute approximate surface area is 93.1 Å². The Morgan fingerprint density at radius 2 is 2.00 bits per heavy atom. The number of halogens is 3. The molecule has 0 saturated heterocycles. The van der Waals surface area contributed by atoms with Crippen LogP contribution in [0.4, 0.5) is 0 Å². The van der Waals surface area contributed by atoms with Gasteiger partial charge in [-0.25, -0.2) is 0 Å². The summed E-state index contributed by atoms with van der Waals surface area (Å²) in [6, 6.07) is 5.50. The van der Waals surface area contributed by atoms with Gasteiger partial charge < -0.3 is 0 Å². The largest absolute Gasteiger partial charge is 0.122 e. The lowest BCUT2D eigenvalue weighted by atomic mass is 10.1. The van der Waals surface area contributed by atoms with Crippen molar-refractivity contribution in [2.45, 2.75) is 6.92 Å². The molecule has 1 aromatic rings. The van der Waals surface area contributed by atoms with Crippen LogP contribution >= 0.6 is 34.8 Å². The minimum Gasteiger partial charge on any atom is -0.122 e. The zero-order valence-corrected chi connectivity index (χ0v) is 9.42. The van der Waals surface area contributed by atoms with Crippen LogP contribution in [0.3, 0.4) is 0 Å². The highest BCUT2D eigenvalue weighted by atomic mass is 35.5. The van der Waals surface area contributed by atoms with E-state index in [9.17, 15) is 0 Å². The molecule has 13 heavy (non-hydrogen) atoms. The van der Waals surface area contributed by atoms with Crippen molar-refractivity contribution < 1.29 is 0 Å². The van der Waals surface area contributed by atoms with Crippen molar-refractivity contribution >= 4 is 40.9 Å². The van der Waals surface area contributed by atoms with E-state index in [2.05, 4.69) is 0 Å². The summed E-state index contributed by atoms with van der Waals surface area (Å²) in [4.78, 5) is 0. The minimum absolute atomic E-state index is 0.528. The lowest BCUT2D eigenvalue weighted by Crippen LogP contribution is -1.78. The third-order valence-corrected chi connectivity index (χ3v) is 2.73. The van der Waals surface area contributed by atoms with Gasteiger partial charge in [0.15, 0.2) is 0 Å². The van der Waals surface area contributed by atoms with E-state index in [0.717, 1.165) is 11.1 Å². The standard InChI is InChI=1S/C10H9Cl3/c1-7(6-11)4-8-2-3-9(12)10(13)5-8/h2-5H,6H2,1H3. The first-order valence-corrected chi connectivity index (χ1v) is 5.10. The van der Waals surface area contributed by atoms with Crippen molar-refractivity contribution in [2.75, 3.05) is 5.88 Å². The van der Waals surface area contributed by atoms with Crippen molar-refractivity contribution in [1.29, 1.82) is 0 Å². The smallest absolute Gasteiger partial charge is 0.0598 e. The van der Waals surface area contributed by atoms with Gasteiger partial charge in [-0.15, -0.1) is 11.6 Å². The van der Waals surface area contributed by atoms with Crippen LogP contribution in [0, 0.1) is 0 Å². The Morgan fingerprint density at radius 3 is 2.54 bits per heavy atom. The quantitative estimate of drug-likeness (QED) is 0.655. The van der Waals surface area contributed by atoms with Gasteiger partial charge in [-0.05, 0) is 24.6 Å². The van der Waals surface area contributed by atoms with Gasteiger partial charge in [0.1, 0.15) is 0 Å². The number of benzene rings is 1. The summed E-state index contributed by atoms with van der Waals surface area (Å²) in [6.45, 7) is 1.97. The van der Waals surface area contributed by atoms with Crippen molar-refractivity contribution in [2.24, 2.45) is 0 Å². The first kappa shape index (κ1) is 10.9. The average molecular weight is 236 g/mol. The fourth-order valence-corrected chi connectivity index (χ4v) is 1.31. The molecule has 1 rings (SSSR count). The van der Waals surface area contributed by atoms with Crippen LogP contribution in [-0.4, -0.2) is 5.88 Å². The lowest BCUT2D eigenvalue weighted by molar-refractivity contribution is 1.43. The third kappa shape index (κ3) is 3.22. The maximum atomic E-state index is 5.85. The van der Waals surface area contributed by atoms with Crippen LogP contribution in [-0.2, 0) is 0 Å². The summed E-state index contributed by atoms with van der Waals surface area (Å²) in [5, 5.41) is 1.14. The van der Waals surface area contributed by atoms with Gasteiger partial charge in [-0.2, -0.15) is 0 Å². The molecule has 0 fully saturated rings. The number of hydrogen-bond donors (Lipinski definition) is 0. The van der Waals surface area contributed by atoms with E-state index in [1.54, 1.807) is 6.07 Å². The van der Waals surface area contributed by atoms with Gasteiger partial charge in [0.25, 0.3) is 0 Å². The molecule has 0 nitrogen and oxygen atoms in total. The molecule has 0 bridgehead atoms. The van der Waals surface area contributed by atoms with Crippen LogP contribution in [0.1, 0.15) is 12.5 Å². The maximum Gasteiger partial charge on any atom is 0.0598 e. The second-order valence-electron chi connectivity index (χ2n) is 2.80. The van der Waals surface area contributed by atoms with Gasteiger partial charge in [-0.3, -0.25) is 0 Å². The molecule has 0 aliphatic heterocycles. The Balaban J connectivity index is 2.98. The molecule has 3 heteroatoms. The van der Waals surface area contributed by atoms with E-state index in [-0.39, 0.29) is 0 Å². The zero-order valence-electron chi connectivity index (χ0n) is 7.15. The fraction of sp³-hybridized carbons (Fsp3) is 0.200. The van der Waals surface area contributed by atoms with E-state index in [1.165, 1.54) is 0 Å². The fourth-order valence-electron chi connectivity index (χ4n) is 0.925. The summed E-state index contributed by atoms with van der Waals surface area (Å²) in [5.74, 6) is 0.528. The summed E-state index contributed by atoms with van der Waals surface area (Å²) in [5.41, 5.74) is 2.12. The van der Waals surface area contributed by atoms with Crippen LogP contribution in [0.5, 0.6) is 0 Å². The normalized spacial score (nSPS) is 11.8. The van der Waals surface area contributed by atoms with E-state index in [1.807, 2.05) is 25.1 Å². The van der Waals surface area contributed by atoms with Gasteiger partial charge in [0, 0.05) is 5.88 Å². The van der Waals surface area contributed by atoms with E-state index in [0.29, 0.717) is 15.9 Å². The molecule has 0 aliphatic carbocycles. The Bertz CT molecular complexity index is 329. The molecule has 0 atom stereocenters.